The van der Waals surface area contributed by atoms with Crippen molar-refractivity contribution in [1.29, 1.82) is 0 Å². The van der Waals surface area contributed by atoms with Gasteiger partial charge in [-0.25, -0.2) is 4.79 Å². The molecule has 0 saturated heterocycles. The Hall–Kier alpha value is -3.39. The Morgan fingerprint density at radius 1 is 0.969 bits per heavy atom. The maximum absolute atomic E-state index is 12.5. The van der Waals surface area contributed by atoms with Gasteiger partial charge in [0.05, 0.1) is 19.6 Å². The monoisotopic (exact) mass is 438 g/mol. The summed E-state index contributed by atoms with van der Waals surface area (Å²) in [6.07, 6.45) is 0.393. The van der Waals surface area contributed by atoms with Crippen LogP contribution >= 0.6 is 0 Å². The number of carboxylic acids is 1. The lowest BCUT2D eigenvalue weighted by molar-refractivity contribution is -0.138. The van der Waals surface area contributed by atoms with Crippen LogP contribution in [0.4, 0.5) is 4.79 Å². The molecule has 0 aliphatic heterocycles. The van der Waals surface area contributed by atoms with Crippen LogP contribution in [0.15, 0.2) is 48.5 Å². The second-order valence-electron chi connectivity index (χ2n) is 8.04. The Morgan fingerprint density at radius 3 is 2.19 bits per heavy atom. The number of carbonyl (C=O) groups excluding carboxylic acids is 2. The number of nitrogens with one attached hydrogen (secondary N) is 2. The van der Waals surface area contributed by atoms with Crippen molar-refractivity contribution in [3.8, 4) is 11.1 Å². The summed E-state index contributed by atoms with van der Waals surface area (Å²) in [5.41, 5.74) is 3.62. The lowest BCUT2D eigenvalue weighted by Gasteiger charge is -2.19. The van der Waals surface area contributed by atoms with Crippen molar-refractivity contribution in [1.82, 2.24) is 10.6 Å². The maximum Gasteiger partial charge on any atom is 0.408 e. The number of benzene rings is 2. The number of aliphatic carboxylic acids is 1. The molecule has 0 spiro atoms. The molecular formula is C24H26N2O6. The van der Waals surface area contributed by atoms with E-state index in [1.54, 1.807) is 0 Å². The van der Waals surface area contributed by atoms with Gasteiger partial charge in [0.15, 0.2) is 0 Å². The number of fused-ring (bicyclic) bond motifs is 3. The molecule has 2 aromatic carbocycles. The zero-order chi connectivity index (χ0) is 22.6. The molecule has 32 heavy (non-hydrogen) atoms. The molecule has 8 heteroatoms. The predicted molar refractivity (Wildman–Crippen MR) is 116 cm³/mol. The molecule has 0 bridgehead atoms. The van der Waals surface area contributed by atoms with Crippen molar-refractivity contribution < 1.29 is 29.0 Å². The lowest BCUT2D eigenvalue weighted by Crippen LogP contribution is -2.49. The van der Waals surface area contributed by atoms with Gasteiger partial charge in [0, 0.05) is 12.5 Å². The minimum absolute atomic E-state index is 0.0416. The molecule has 1 fully saturated rings. The Kier molecular flexibility index (Phi) is 6.41. The quantitative estimate of drug-likeness (QED) is 0.492. The van der Waals surface area contributed by atoms with Gasteiger partial charge in [-0.3, -0.25) is 9.59 Å². The smallest absolute Gasteiger partial charge is 0.408 e. The van der Waals surface area contributed by atoms with Crippen LogP contribution in [0.1, 0.15) is 36.3 Å². The largest absolute Gasteiger partial charge is 0.481 e. The van der Waals surface area contributed by atoms with Crippen LogP contribution in [-0.2, 0) is 19.1 Å². The molecule has 0 radical (unpaired) electrons. The summed E-state index contributed by atoms with van der Waals surface area (Å²) in [5.74, 6) is -1.26. The number of ether oxygens (including phenoxy) is 2. The van der Waals surface area contributed by atoms with Crippen LogP contribution in [0.25, 0.3) is 11.1 Å². The number of carboxylic acid groups (broad SMARTS) is 1. The van der Waals surface area contributed by atoms with Crippen molar-refractivity contribution >= 4 is 18.0 Å². The molecule has 0 unspecified atom stereocenters. The van der Waals surface area contributed by atoms with Gasteiger partial charge in [-0.05, 0) is 35.1 Å². The molecule has 2 aliphatic rings. The normalized spacial score (nSPS) is 15.4. The number of amides is 2. The van der Waals surface area contributed by atoms with E-state index in [2.05, 4.69) is 34.9 Å². The molecule has 0 aromatic heterocycles. The van der Waals surface area contributed by atoms with Crippen LogP contribution in [-0.4, -0.2) is 55.0 Å². The van der Waals surface area contributed by atoms with Crippen LogP contribution < -0.4 is 10.6 Å². The number of hydrogen-bond acceptors (Lipinski definition) is 5. The molecule has 0 heterocycles. The van der Waals surface area contributed by atoms with Crippen molar-refractivity contribution in [3.63, 3.8) is 0 Å². The number of rotatable bonds is 10. The number of alkyl carbamates (subject to hydrolysis) is 1. The summed E-state index contributed by atoms with van der Waals surface area (Å²) in [5, 5.41) is 14.0. The topological polar surface area (TPSA) is 114 Å². The first kappa shape index (κ1) is 21.8. The SMILES string of the molecule is O=C(O)CCOCCNC(=O)C1(NC(=O)OCC2c3ccccc3-c3ccccc32)CC1. The van der Waals surface area contributed by atoms with Crippen LogP contribution in [0.5, 0.6) is 0 Å². The van der Waals surface area contributed by atoms with E-state index in [9.17, 15) is 14.4 Å². The third-order valence-electron chi connectivity index (χ3n) is 5.86. The molecule has 2 aliphatic carbocycles. The van der Waals surface area contributed by atoms with Gasteiger partial charge < -0.3 is 25.2 Å². The minimum Gasteiger partial charge on any atom is -0.481 e. The Balaban J connectivity index is 1.26. The first-order valence-corrected chi connectivity index (χ1v) is 10.7. The second kappa shape index (κ2) is 9.40. The fourth-order valence-electron chi connectivity index (χ4n) is 4.03. The highest BCUT2D eigenvalue weighted by atomic mass is 16.5. The van der Waals surface area contributed by atoms with Gasteiger partial charge in [-0.1, -0.05) is 48.5 Å². The zero-order valence-corrected chi connectivity index (χ0v) is 17.6. The molecule has 168 valence electrons. The van der Waals surface area contributed by atoms with Gasteiger partial charge >= 0.3 is 12.1 Å². The van der Waals surface area contributed by atoms with Gasteiger partial charge in [0.1, 0.15) is 12.1 Å². The Bertz CT molecular complexity index is 972. The summed E-state index contributed by atoms with van der Waals surface area (Å²) in [4.78, 5) is 35.4. The molecule has 2 aromatic rings. The highest BCUT2D eigenvalue weighted by molar-refractivity contribution is 5.92. The van der Waals surface area contributed by atoms with Gasteiger partial charge in [0.25, 0.3) is 0 Å². The van der Waals surface area contributed by atoms with Crippen LogP contribution in [0, 0.1) is 0 Å². The maximum atomic E-state index is 12.5. The lowest BCUT2D eigenvalue weighted by atomic mass is 9.98. The molecule has 1 saturated carbocycles. The molecule has 0 atom stereocenters. The number of hydrogen-bond donors (Lipinski definition) is 3. The average molecular weight is 438 g/mol. The summed E-state index contributed by atoms with van der Waals surface area (Å²) in [6, 6.07) is 16.2. The fraction of sp³-hybridized carbons (Fsp3) is 0.375. The zero-order valence-electron chi connectivity index (χ0n) is 17.6. The highest BCUT2D eigenvalue weighted by Crippen LogP contribution is 2.44. The molecule has 2 amide bonds. The van der Waals surface area contributed by atoms with Crippen molar-refractivity contribution in [3.05, 3.63) is 59.7 Å². The third-order valence-corrected chi connectivity index (χ3v) is 5.86. The highest BCUT2D eigenvalue weighted by Gasteiger charge is 2.51. The van der Waals surface area contributed by atoms with E-state index in [-0.39, 0.29) is 44.6 Å². The minimum atomic E-state index is -0.941. The first-order valence-electron chi connectivity index (χ1n) is 10.7. The van der Waals surface area contributed by atoms with Crippen molar-refractivity contribution in [2.45, 2.75) is 30.7 Å². The van der Waals surface area contributed by atoms with Gasteiger partial charge in [-0.2, -0.15) is 0 Å². The summed E-state index contributed by atoms with van der Waals surface area (Å²) < 4.78 is 10.7. The van der Waals surface area contributed by atoms with E-state index in [4.69, 9.17) is 14.6 Å². The Labute approximate surface area is 185 Å². The second-order valence-corrected chi connectivity index (χ2v) is 8.04. The molecule has 4 rings (SSSR count). The van der Waals surface area contributed by atoms with Crippen LogP contribution in [0.3, 0.4) is 0 Å². The van der Waals surface area contributed by atoms with Crippen LogP contribution in [0.2, 0.25) is 0 Å². The standard InChI is InChI=1S/C24H26N2O6/c27-21(28)9-13-31-14-12-25-22(29)24(10-11-24)26-23(30)32-15-20-18-7-3-1-5-16(18)17-6-2-4-8-19(17)20/h1-8,20H,9-15H2,(H,25,29)(H,26,30)(H,27,28). The molecule has 8 nitrogen and oxygen atoms in total. The number of carbonyl (C=O) groups is 3. The average Bonchev–Trinajstić information content (AvgIpc) is 3.50. The third kappa shape index (κ3) is 4.75. The van der Waals surface area contributed by atoms with E-state index in [0.29, 0.717) is 12.8 Å². The summed E-state index contributed by atoms with van der Waals surface area (Å²) >= 11 is 0. The van der Waals surface area contributed by atoms with Crippen molar-refractivity contribution in [2.24, 2.45) is 0 Å². The first-order chi connectivity index (χ1) is 15.5. The summed E-state index contributed by atoms with van der Waals surface area (Å²) in [7, 11) is 0. The molecule has 3 N–H and O–H groups in total. The van der Waals surface area contributed by atoms with E-state index in [1.165, 1.54) is 0 Å². The predicted octanol–water partition coefficient (Wildman–Crippen LogP) is 2.67. The van der Waals surface area contributed by atoms with Crippen molar-refractivity contribution in [2.75, 3.05) is 26.4 Å². The van der Waals surface area contributed by atoms with Gasteiger partial charge in [-0.15, -0.1) is 0 Å². The Morgan fingerprint density at radius 2 is 1.59 bits per heavy atom. The fourth-order valence-corrected chi connectivity index (χ4v) is 4.03. The van der Waals surface area contributed by atoms with E-state index < -0.39 is 17.6 Å². The van der Waals surface area contributed by atoms with Gasteiger partial charge in [0.2, 0.25) is 5.91 Å². The van der Waals surface area contributed by atoms with E-state index >= 15 is 0 Å². The summed E-state index contributed by atoms with van der Waals surface area (Å²) in [6.45, 7) is 0.732. The van der Waals surface area contributed by atoms with E-state index in [0.717, 1.165) is 22.3 Å². The van der Waals surface area contributed by atoms with E-state index in [1.807, 2.05) is 24.3 Å². The molecular weight excluding hydrogens is 412 g/mol.